The van der Waals surface area contributed by atoms with Crippen molar-refractivity contribution < 1.29 is 23.1 Å². The van der Waals surface area contributed by atoms with Gasteiger partial charge in [-0.1, -0.05) is 18.2 Å². The molecule has 0 bridgehead atoms. The van der Waals surface area contributed by atoms with Gasteiger partial charge in [0.25, 0.3) is 0 Å². The molecule has 0 radical (unpaired) electrons. The largest absolute Gasteiger partial charge is 0.488 e. The predicted molar refractivity (Wildman–Crippen MR) is 60.9 cm³/mol. The van der Waals surface area contributed by atoms with E-state index in [4.69, 9.17) is 9.84 Å². The Balaban J connectivity index is 2.08. The summed E-state index contributed by atoms with van der Waals surface area (Å²) in [7, 11) is -2.93. The quantitative estimate of drug-likeness (QED) is 0.848. The molecule has 1 aromatic carbocycles. The minimum absolute atomic E-state index is 0.00834. The molecule has 17 heavy (non-hydrogen) atoms. The van der Waals surface area contributed by atoms with Crippen LogP contribution in [0.5, 0.6) is 5.75 Å². The molecule has 1 aromatic rings. The van der Waals surface area contributed by atoms with E-state index in [1.165, 1.54) is 0 Å². The minimum atomic E-state index is -2.93. The van der Waals surface area contributed by atoms with Crippen molar-refractivity contribution in [2.24, 2.45) is 0 Å². The second kappa shape index (κ2) is 4.37. The Hall–Kier alpha value is -1.56. The Kier molecular flexibility index (Phi) is 3.06. The summed E-state index contributed by atoms with van der Waals surface area (Å²) in [5.74, 6) is -0.472. The molecule has 0 amide bonds. The van der Waals surface area contributed by atoms with Gasteiger partial charge in [-0.15, -0.1) is 0 Å². The molecule has 5 nitrogen and oxygen atoms in total. The second-order valence-corrected chi connectivity index (χ2v) is 6.15. The zero-order valence-corrected chi connectivity index (χ0v) is 9.81. The van der Waals surface area contributed by atoms with Gasteiger partial charge in [0.1, 0.15) is 11.9 Å². The van der Waals surface area contributed by atoms with Crippen LogP contribution in [0, 0.1) is 0 Å². The maximum absolute atomic E-state index is 11.0. The first-order valence-corrected chi connectivity index (χ1v) is 6.95. The maximum atomic E-state index is 11.0. The maximum Gasteiger partial charge on any atom is 0.307 e. The Morgan fingerprint density at radius 1 is 1.35 bits per heavy atom. The van der Waals surface area contributed by atoms with Crippen molar-refractivity contribution in [3.63, 3.8) is 0 Å². The van der Waals surface area contributed by atoms with Gasteiger partial charge in [0.15, 0.2) is 9.84 Å². The van der Waals surface area contributed by atoms with E-state index in [-0.39, 0.29) is 24.0 Å². The number of carboxylic acid groups (broad SMARTS) is 1. The topological polar surface area (TPSA) is 80.7 Å². The van der Waals surface area contributed by atoms with Gasteiger partial charge < -0.3 is 9.84 Å². The van der Waals surface area contributed by atoms with Crippen LogP contribution in [0.15, 0.2) is 24.3 Å². The third-order valence-electron chi connectivity index (χ3n) is 2.49. The lowest BCUT2D eigenvalue weighted by molar-refractivity contribution is -0.136. The summed E-state index contributed by atoms with van der Waals surface area (Å²) in [6.07, 6.45) is -0.481. The fraction of sp³-hybridized carbons (Fsp3) is 0.364. The fourth-order valence-corrected chi connectivity index (χ4v) is 2.86. The molecule has 6 heteroatoms. The van der Waals surface area contributed by atoms with E-state index in [0.717, 1.165) is 0 Å². The number of benzene rings is 1. The normalized spacial score (nSPS) is 18.4. The van der Waals surface area contributed by atoms with Gasteiger partial charge in [-0.3, -0.25) is 4.79 Å². The molecular weight excluding hydrogens is 244 g/mol. The molecule has 1 aliphatic rings. The standard InChI is InChI=1S/C11H12O5S/c12-11(13)5-8-3-1-2-4-10(8)16-9-6-17(14,15)7-9/h1-4,9H,5-7H2,(H,12,13). The molecular formula is C11H12O5S. The van der Waals surface area contributed by atoms with E-state index >= 15 is 0 Å². The number of aliphatic carboxylic acids is 1. The molecule has 0 atom stereocenters. The number of rotatable bonds is 4. The van der Waals surface area contributed by atoms with Gasteiger partial charge in [0.05, 0.1) is 17.9 Å². The van der Waals surface area contributed by atoms with E-state index < -0.39 is 15.8 Å². The average Bonchev–Trinajstić information content (AvgIpc) is 2.17. The number of hydrogen-bond acceptors (Lipinski definition) is 4. The molecule has 1 heterocycles. The monoisotopic (exact) mass is 256 g/mol. The van der Waals surface area contributed by atoms with Crippen LogP contribution in [0.2, 0.25) is 0 Å². The molecule has 0 saturated carbocycles. The lowest BCUT2D eigenvalue weighted by Crippen LogP contribution is -2.45. The zero-order valence-electron chi connectivity index (χ0n) is 9.00. The van der Waals surface area contributed by atoms with Crippen LogP contribution in [0.3, 0.4) is 0 Å². The molecule has 2 rings (SSSR count). The summed E-state index contributed by atoms with van der Waals surface area (Å²) in [4.78, 5) is 10.6. The van der Waals surface area contributed by atoms with E-state index in [1.54, 1.807) is 24.3 Å². The molecule has 0 aliphatic carbocycles. The lowest BCUT2D eigenvalue weighted by atomic mass is 10.1. The number of carboxylic acids is 1. The SMILES string of the molecule is O=C(O)Cc1ccccc1OC1CS(=O)(=O)C1. The van der Waals surface area contributed by atoms with Crippen molar-refractivity contribution in [2.75, 3.05) is 11.5 Å². The summed E-state index contributed by atoms with van der Waals surface area (Å²) in [5, 5.41) is 8.73. The minimum Gasteiger partial charge on any atom is -0.488 e. The Labute approximate surface area is 98.9 Å². The predicted octanol–water partition coefficient (Wildman–Crippen LogP) is 0.490. The first-order chi connectivity index (χ1) is 7.96. The first-order valence-electron chi connectivity index (χ1n) is 5.13. The molecule has 1 saturated heterocycles. The van der Waals surface area contributed by atoms with Gasteiger partial charge in [-0.05, 0) is 6.07 Å². The van der Waals surface area contributed by atoms with Crippen LogP contribution < -0.4 is 4.74 Å². The van der Waals surface area contributed by atoms with Gasteiger partial charge in [0.2, 0.25) is 0 Å². The van der Waals surface area contributed by atoms with Crippen molar-refractivity contribution in [2.45, 2.75) is 12.5 Å². The molecule has 0 aromatic heterocycles. The number of para-hydroxylation sites is 1. The highest BCUT2D eigenvalue weighted by Gasteiger charge is 2.35. The Bertz CT molecular complexity index is 523. The zero-order chi connectivity index (χ0) is 12.5. The van der Waals surface area contributed by atoms with Gasteiger partial charge in [0, 0.05) is 5.56 Å². The summed E-state index contributed by atoms with van der Waals surface area (Å²) in [6.45, 7) is 0. The number of hydrogen-bond donors (Lipinski definition) is 1. The molecule has 0 unspecified atom stereocenters. The number of ether oxygens (including phenoxy) is 1. The van der Waals surface area contributed by atoms with E-state index in [1.807, 2.05) is 0 Å². The fourth-order valence-electron chi connectivity index (χ4n) is 1.69. The van der Waals surface area contributed by atoms with Crippen LogP contribution in [0.1, 0.15) is 5.56 Å². The summed E-state index contributed by atoms with van der Waals surface area (Å²) < 4.78 is 27.4. The summed E-state index contributed by atoms with van der Waals surface area (Å²) >= 11 is 0. The highest BCUT2D eigenvalue weighted by Crippen LogP contribution is 2.23. The van der Waals surface area contributed by atoms with Crippen LogP contribution in [0.25, 0.3) is 0 Å². The molecule has 1 N–H and O–H groups in total. The Morgan fingerprint density at radius 3 is 2.59 bits per heavy atom. The average molecular weight is 256 g/mol. The van der Waals surface area contributed by atoms with E-state index in [9.17, 15) is 13.2 Å². The third kappa shape index (κ3) is 2.97. The van der Waals surface area contributed by atoms with Crippen molar-refractivity contribution in [1.29, 1.82) is 0 Å². The van der Waals surface area contributed by atoms with Crippen molar-refractivity contribution >= 4 is 15.8 Å². The number of carbonyl (C=O) groups is 1. The van der Waals surface area contributed by atoms with Gasteiger partial charge in [-0.25, -0.2) is 8.42 Å². The third-order valence-corrected chi connectivity index (χ3v) is 4.25. The highest BCUT2D eigenvalue weighted by molar-refractivity contribution is 7.92. The van der Waals surface area contributed by atoms with Crippen LogP contribution in [-0.4, -0.2) is 37.1 Å². The molecule has 1 fully saturated rings. The van der Waals surface area contributed by atoms with Gasteiger partial charge >= 0.3 is 5.97 Å². The molecule has 1 aliphatic heterocycles. The second-order valence-electron chi connectivity index (χ2n) is 4.00. The Morgan fingerprint density at radius 2 is 2.00 bits per heavy atom. The molecule has 92 valence electrons. The van der Waals surface area contributed by atoms with Crippen LogP contribution >= 0.6 is 0 Å². The highest BCUT2D eigenvalue weighted by atomic mass is 32.2. The van der Waals surface area contributed by atoms with Crippen LogP contribution in [0.4, 0.5) is 0 Å². The lowest BCUT2D eigenvalue weighted by Gasteiger charge is -2.27. The summed E-state index contributed by atoms with van der Waals surface area (Å²) in [6, 6.07) is 6.77. The van der Waals surface area contributed by atoms with Crippen molar-refractivity contribution in [1.82, 2.24) is 0 Å². The van der Waals surface area contributed by atoms with Crippen LogP contribution in [-0.2, 0) is 21.1 Å². The van der Waals surface area contributed by atoms with E-state index in [2.05, 4.69) is 0 Å². The molecule has 0 spiro atoms. The van der Waals surface area contributed by atoms with Gasteiger partial charge in [-0.2, -0.15) is 0 Å². The van der Waals surface area contributed by atoms with Crippen molar-refractivity contribution in [3.8, 4) is 5.75 Å². The number of sulfone groups is 1. The first kappa shape index (κ1) is 11.9. The summed E-state index contributed by atoms with van der Waals surface area (Å²) in [5.41, 5.74) is 0.560. The van der Waals surface area contributed by atoms with E-state index in [0.29, 0.717) is 11.3 Å². The smallest absolute Gasteiger partial charge is 0.307 e. The van der Waals surface area contributed by atoms with Crippen molar-refractivity contribution in [3.05, 3.63) is 29.8 Å².